The van der Waals surface area contributed by atoms with Gasteiger partial charge in [0.1, 0.15) is 0 Å². The van der Waals surface area contributed by atoms with Crippen LogP contribution in [0.15, 0.2) is 24.4 Å². The second-order valence-corrected chi connectivity index (χ2v) is 5.34. The van der Waals surface area contributed by atoms with Crippen LogP contribution in [0.1, 0.15) is 31.7 Å². The zero-order valence-electron chi connectivity index (χ0n) is 12.4. The fourth-order valence-corrected chi connectivity index (χ4v) is 3.28. The number of carbonyl (C=O) groups excluding carboxylic acids is 1. The quantitative estimate of drug-likeness (QED) is 0.858. The van der Waals surface area contributed by atoms with E-state index < -0.39 is 0 Å². The lowest BCUT2D eigenvalue weighted by molar-refractivity contribution is 0.0940. The zero-order chi connectivity index (χ0) is 14.8. The van der Waals surface area contributed by atoms with Gasteiger partial charge in [0.05, 0.1) is 19.8 Å². The van der Waals surface area contributed by atoms with Gasteiger partial charge < -0.3 is 9.47 Å². The number of pyridine rings is 1. The molecule has 2 atom stereocenters. The number of hydrogen-bond donors (Lipinski definition) is 0. The van der Waals surface area contributed by atoms with E-state index in [-0.39, 0.29) is 18.2 Å². The van der Waals surface area contributed by atoms with Crippen LogP contribution in [-0.4, -0.2) is 41.8 Å². The molecule has 0 radical (unpaired) electrons. The predicted octanol–water partition coefficient (Wildman–Crippen LogP) is 2.87. The molecule has 0 unspecified atom stereocenters. The van der Waals surface area contributed by atoms with Gasteiger partial charge in [-0.05, 0) is 43.4 Å². The first-order chi connectivity index (χ1) is 10.2. The number of carbonyl (C=O) groups is 1. The Morgan fingerprint density at radius 3 is 2.95 bits per heavy atom. The van der Waals surface area contributed by atoms with Crippen LogP contribution in [-0.2, 0) is 4.74 Å². The standard InChI is InChI=1S/C16H20N2O3/c1-3-21-16(19)18-12-5-7-13(14(18)8-6-12)11-4-9-15(20-2)17-10-11/h4,7,9-10,12,14H,3,5-6,8H2,1-2H3/t12-,14-/m1/s1. The molecule has 3 rings (SSSR count). The SMILES string of the molecule is CCOC(=O)N1[C@@H]2CC=C(c3ccc(OC)nc3)[C@H]1CC2. The second-order valence-electron chi connectivity index (χ2n) is 5.34. The molecular weight excluding hydrogens is 268 g/mol. The molecule has 112 valence electrons. The summed E-state index contributed by atoms with van der Waals surface area (Å²) < 4.78 is 10.3. The van der Waals surface area contributed by atoms with Gasteiger partial charge in [0.2, 0.25) is 5.88 Å². The van der Waals surface area contributed by atoms with Crippen molar-refractivity contribution < 1.29 is 14.3 Å². The number of nitrogens with zero attached hydrogens (tertiary/aromatic N) is 2. The van der Waals surface area contributed by atoms with Crippen LogP contribution in [0.3, 0.4) is 0 Å². The number of rotatable bonds is 3. The van der Waals surface area contributed by atoms with E-state index >= 15 is 0 Å². The number of amides is 1. The molecule has 2 bridgehead atoms. The van der Waals surface area contributed by atoms with Gasteiger partial charge in [-0.3, -0.25) is 4.90 Å². The Labute approximate surface area is 124 Å². The fourth-order valence-electron chi connectivity index (χ4n) is 3.28. The van der Waals surface area contributed by atoms with E-state index in [1.165, 1.54) is 5.57 Å². The molecule has 1 saturated heterocycles. The maximum absolute atomic E-state index is 12.2. The molecule has 1 amide bonds. The summed E-state index contributed by atoms with van der Waals surface area (Å²) in [5.41, 5.74) is 2.22. The van der Waals surface area contributed by atoms with Crippen LogP contribution in [0.4, 0.5) is 4.79 Å². The number of ether oxygens (including phenoxy) is 2. The average molecular weight is 288 g/mol. The molecule has 0 N–H and O–H groups in total. The highest BCUT2D eigenvalue weighted by atomic mass is 16.6. The lowest BCUT2D eigenvalue weighted by Gasteiger charge is -2.34. The van der Waals surface area contributed by atoms with Gasteiger partial charge in [-0.1, -0.05) is 6.08 Å². The van der Waals surface area contributed by atoms with Crippen LogP contribution >= 0.6 is 0 Å². The predicted molar refractivity (Wildman–Crippen MR) is 79.1 cm³/mol. The lowest BCUT2D eigenvalue weighted by Crippen LogP contribution is -2.44. The molecule has 0 saturated carbocycles. The Hall–Kier alpha value is -2.04. The Morgan fingerprint density at radius 2 is 2.29 bits per heavy atom. The van der Waals surface area contributed by atoms with Crippen LogP contribution < -0.4 is 4.74 Å². The van der Waals surface area contributed by atoms with Crippen molar-refractivity contribution >= 4 is 11.7 Å². The molecule has 3 heterocycles. The van der Waals surface area contributed by atoms with Crippen LogP contribution in [0.25, 0.3) is 5.57 Å². The molecule has 5 nitrogen and oxygen atoms in total. The largest absolute Gasteiger partial charge is 0.481 e. The van der Waals surface area contributed by atoms with E-state index in [0.29, 0.717) is 12.5 Å². The van der Waals surface area contributed by atoms with Crippen LogP contribution in [0, 0.1) is 0 Å². The Bertz CT molecular complexity index is 553. The molecular formula is C16H20N2O3. The van der Waals surface area contributed by atoms with Crippen molar-refractivity contribution in [2.45, 2.75) is 38.3 Å². The highest BCUT2D eigenvalue weighted by Crippen LogP contribution is 2.40. The van der Waals surface area contributed by atoms with Gasteiger partial charge >= 0.3 is 6.09 Å². The van der Waals surface area contributed by atoms with Gasteiger partial charge in [0.25, 0.3) is 0 Å². The third kappa shape index (κ3) is 2.48. The van der Waals surface area contributed by atoms with Crippen LogP contribution in [0.5, 0.6) is 5.88 Å². The van der Waals surface area contributed by atoms with E-state index in [4.69, 9.17) is 9.47 Å². The zero-order valence-corrected chi connectivity index (χ0v) is 12.4. The lowest BCUT2D eigenvalue weighted by atomic mass is 9.95. The van der Waals surface area contributed by atoms with Crippen molar-refractivity contribution in [2.75, 3.05) is 13.7 Å². The maximum Gasteiger partial charge on any atom is 0.410 e. The third-order valence-electron chi connectivity index (χ3n) is 4.23. The number of methoxy groups -OCH3 is 1. The topological polar surface area (TPSA) is 51.7 Å². The Kier molecular flexibility index (Phi) is 3.82. The minimum atomic E-state index is -0.197. The second kappa shape index (κ2) is 5.76. The van der Waals surface area contributed by atoms with E-state index in [9.17, 15) is 4.79 Å². The first-order valence-electron chi connectivity index (χ1n) is 7.40. The van der Waals surface area contributed by atoms with Crippen molar-refractivity contribution in [3.63, 3.8) is 0 Å². The molecule has 1 aromatic rings. The fraction of sp³-hybridized carbons (Fsp3) is 0.500. The molecule has 5 heteroatoms. The summed E-state index contributed by atoms with van der Waals surface area (Å²) in [5.74, 6) is 0.599. The summed E-state index contributed by atoms with van der Waals surface area (Å²) in [6.07, 6.45) is 6.76. The van der Waals surface area contributed by atoms with Gasteiger partial charge in [-0.25, -0.2) is 9.78 Å². The first-order valence-corrected chi connectivity index (χ1v) is 7.40. The van der Waals surface area contributed by atoms with E-state index in [2.05, 4.69) is 11.1 Å². The van der Waals surface area contributed by atoms with E-state index in [1.54, 1.807) is 7.11 Å². The summed E-state index contributed by atoms with van der Waals surface area (Å²) in [7, 11) is 1.60. The van der Waals surface area contributed by atoms with E-state index in [1.807, 2.05) is 30.2 Å². The molecule has 2 aliphatic heterocycles. The van der Waals surface area contributed by atoms with Crippen LogP contribution in [0.2, 0.25) is 0 Å². The molecule has 1 fully saturated rings. The third-order valence-corrected chi connectivity index (χ3v) is 4.23. The van der Waals surface area contributed by atoms with E-state index in [0.717, 1.165) is 24.8 Å². The smallest absolute Gasteiger partial charge is 0.410 e. The Balaban J connectivity index is 1.86. The van der Waals surface area contributed by atoms with Gasteiger partial charge in [-0.2, -0.15) is 0 Å². The van der Waals surface area contributed by atoms with Gasteiger partial charge in [0.15, 0.2) is 0 Å². The molecule has 0 spiro atoms. The van der Waals surface area contributed by atoms with Gasteiger partial charge in [0, 0.05) is 18.3 Å². The molecule has 21 heavy (non-hydrogen) atoms. The molecule has 0 aromatic carbocycles. The number of hydrogen-bond acceptors (Lipinski definition) is 4. The molecule has 2 aliphatic rings. The summed E-state index contributed by atoms with van der Waals surface area (Å²) in [5, 5.41) is 0. The highest BCUT2D eigenvalue weighted by Gasteiger charge is 2.42. The van der Waals surface area contributed by atoms with Crippen molar-refractivity contribution in [1.82, 2.24) is 9.88 Å². The summed E-state index contributed by atoms with van der Waals surface area (Å²) in [6.45, 7) is 2.26. The minimum absolute atomic E-state index is 0.109. The summed E-state index contributed by atoms with van der Waals surface area (Å²) >= 11 is 0. The maximum atomic E-state index is 12.2. The summed E-state index contributed by atoms with van der Waals surface area (Å²) in [4.78, 5) is 18.3. The average Bonchev–Trinajstić information content (AvgIpc) is 2.82. The normalized spacial score (nSPS) is 23.7. The monoisotopic (exact) mass is 288 g/mol. The van der Waals surface area contributed by atoms with Crippen molar-refractivity contribution in [3.05, 3.63) is 30.0 Å². The van der Waals surface area contributed by atoms with Crippen molar-refractivity contribution in [2.24, 2.45) is 0 Å². The van der Waals surface area contributed by atoms with Crippen molar-refractivity contribution in [1.29, 1.82) is 0 Å². The first kappa shape index (κ1) is 13.9. The number of fused-ring (bicyclic) bond motifs is 2. The molecule has 1 aromatic heterocycles. The van der Waals surface area contributed by atoms with Crippen molar-refractivity contribution in [3.8, 4) is 5.88 Å². The van der Waals surface area contributed by atoms with Gasteiger partial charge in [-0.15, -0.1) is 0 Å². The number of aromatic nitrogens is 1. The minimum Gasteiger partial charge on any atom is -0.481 e. The molecule has 0 aliphatic carbocycles. The highest BCUT2D eigenvalue weighted by molar-refractivity contribution is 5.78. The summed E-state index contributed by atoms with van der Waals surface area (Å²) in [6, 6.07) is 4.24. The Morgan fingerprint density at radius 1 is 1.43 bits per heavy atom.